The predicted octanol–water partition coefficient (Wildman–Crippen LogP) is 1.91. The number of anilines is 1. The first-order valence-corrected chi connectivity index (χ1v) is 9.76. The highest BCUT2D eigenvalue weighted by Gasteiger charge is 2.23. The summed E-state index contributed by atoms with van der Waals surface area (Å²) in [6.45, 7) is 3.42. The van der Waals surface area contributed by atoms with Gasteiger partial charge in [0.2, 0.25) is 15.9 Å². The third-order valence-corrected chi connectivity index (χ3v) is 6.31. The average molecular weight is 405 g/mol. The highest BCUT2D eigenvalue weighted by Crippen LogP contribution is 2.28. The molecule has 0 aliphatic carbocycles. The topological polar surface area (TPSA) is 119 Å². The van der Waals surface area contributed by atoms with Crippen LogP contribution in [0, 0.1) is 13.8 Å². The molecular formula is C19H23N3O5S. The fourth-order valence-corrected chi connectivity index (χ4v) is 3.79. The minimum absolute atomic E-state index is 0.0560. The van der Waals surface area contributed by atoms with Crippen molar-refractivity contribution in [3.8, 4) is 5.75 Å². The normalized spacial score (nSPS) is 11.4. The SMILES string of the molecule is COc1ccc(C(N)=O)cc1NC(=O)c1cc(C)c(C)c(S(=O)(=O)N(C)C)c1. The molecule has 0 fully saturated rings. The van der Waals surface area contributed by atoms with Crippen molar-refractivity contribution in [1.29, 1.82) is 0 Å². The van der Waals surface area contributed by atoms with Crippen LogP contribution in [0.1, 0.15) is 31.8 Å². The minimum Gasteiger partial charge on any atom is -0.495 e. The van der Waals surface area contributed by atoms with E-state index in [1.165, 1.54) is 45.5 Å². The van der Waals surface area contributed by atoms with Gasteiger partial charge in [0, 0.05) is 25.2 Å². The van der Waals surface area contributed by atoms with Crippen LogP contribution in [0.4, 0.5) is 5.69 Å². The Morgan fingerprint density at radius 3 is 2.25 bits per heavy atom. The summed E-state index contributed by atoms with van der Waals surface area (Å²) in [6, 6.07) is 7.32. The van der Waals surface area contributed by atoms with Gasteiger partial charge in [-0.1, -0.05) is 0 Å². The zero-order valence-electron chi connectivity index (χ0n) is 16.4. The summed E-state index contributed by atoms with van der Waals surface area (Å²) in [5.74, 6) is -0.856. The molecule has 0 spiro atoms. The van der Waals surface area contributed by atoms with E-state index in [4.69, 9.17) is 10.5 Å². The summed E-state index contributed by atoms with van der Waals surface area (Å²) in [4.78, 5) is 24.2. The lowest BCUT2D eigenvalue weighted by atomic mass is 10.1. The van der Waals surface area contributed by atoms with E-state index in [1.807, 2.05) is 0 Å². The Bertz CT molecular complexity index is 1050. The summed E-state index contributed by atoms with van der Waals surface area (Å²) >= 11 is 0. The molecule has 2 amide bonds. The van der Waals surface area contributed by atoms with E-state index in [0.717, 1.165) is 4.31 Å². The van der Waals surface area contributed by atoms with Crippen molar-refractivity contribution in [2.45, 2.75) is 18.7 Å². The summed E-state index contributed by atoms with van der Waals surface area (Å²) in [7, 11) is 0.556. The molecule has 0 saturated carbocycles. The van der Waals surface area contributed by atoms with Gasteiger partial charge in [0.1, 0.15) is 5.75 Å². The molecule has 0 unspecified atom stereocenters. The third kappa shape index (κ3) is 4.15. The van der Waals surface area contributed by atoms with Gasteiger partial charge in [0.25, 0.3) is 5.91 Å². The number of carbonyl (C=O) groups excluding carboxylic acids is 2. The van der Waals surface area contributed by atoms with E-state index in [-0.39, 0.29) is 21.7 Å². The molecule has 28 heavy (non-hydrogen) atoms. The van der Waals surface area contributed by atoms with Crippen molar-refractivity contribution >= 4 is 27.5 Å². The van der Waals surface area contributed by atoms with Gasteiger partial charge in [-0.25, -0.2) is 12.7 Å². The molecule has 0 aromatic heterocycles. The summed E-state index contributed by atoms with van der Waals surface area (Å²) in [5.41, 5.74) is 7.12. The number of primary amides is 1. The monoisotopic (exact) mass is 405 g/mol. The number of hydrogen-bond acceptors (Lipinski definition) is 5. The van der Waals surface area contributed by atoms with E-state index in [9.17, 15) is 18.0 Å². The second kappa shape index (κ2) is 7.99. The number of methoxy groups -OCH3 is 1. The van der Waals surface area contributed by atoms with Gasteiger partial charge >= 0.3 is 0 Å². The van der Waals surface area contributed by atoms with Gasteiger partial charge in [0.15, 0.2) is 0 Å². The molecule has 0 aliphatic heterocycles. The standard InChI is InChI=1S/C19H23N3O5S/c1-11-8-14(10-17(12(11)2)28(25,26)22(3)4)19(24)21-15-9-13(18(20)23)6-7-16(15)27-5/h6-10H,1-5H3,(H2,20,23)(H,21,24). The Morgan fingerprint density at radius 1 is 1.07 bits per heavy atom. The van der Waals surface area contributed by atoms with Crippen LogP contribution in [0.5, 0.6) is 5.75 Å². The Hall–Kier alpha value is -2.91. The van der Waals surface area contributed by atoms with Crippen LogP contribution < -0.4 is 15.8 Å². The van der Waals surface area contributed by atoms with E-state index >= 15 is 0 Å². The Morgan fingerprint density at radius 2 is 1.71 bits per heavy atom. The van der Waals surface area contributed by atoms with Crippen LogP contribution in [0.25, 0.3) is 0 Å². The zero-order chi connectivity index (χ0) is 21.2. The molecule has 8 nitrogen and oxygen atoms in total. The van der Waals surface area contributed by atoms with Crippen LogP contribution in [0.3, 0.4) is 0 Å². The van der Waals surface area contributed by atoms with Gasteiger partial charge < -0.3 is 15.8 Å². The largest absolute Gasteiger partial charge is 0.495 e. The van der Waals surface area contributed by atoms with Crippen LogP contribution in [0.2, 0.25) is 0 Å². The number of nitrogens with one attached hydrogen (secondary N) is 1. The zero-order valence-corrected chi connectivity index (χ0v) is 17.2. The molecule has 0 heterocycles. The second-order valence-electron chi connectivity index (χ2n) is 6.44. The molecule has 0 radical (unpaired) electrons. The molecule has 0 bridgehead atoms. The fourth-order valence-electron chi connectivity index (χ4n) is 2.58. The molecule has 0 saturated heterocycles. The number of amides is 2. The maximum atomic E-state index is 12.8. The van der Waals surface area contributed by atoms with Gasteiger partial charge in [0.05, 0.1) is 17.7 Å². The van der Waals surface area contributed by atoms with E-state index in [2.05, 4.69) is 5.32 Å². The lowest BCUT2D eigenvalue weighted by Gasteiger charge is -2.17. The fraction of sp³-hybridized carbons (Fsp3) is 0.263. The maximum Gasteiger partial charge on any atom is 0.255 e. The number of ether oxygens (including phenoxy) is 1. The Labute approximate surface area is 164 Å². The molecule has 150 valence electrons. The molecule has 2 aromatic carbocycles. The number of nitrogens with two attached hydrogens (primary N) is 1. The van der Waals surface area contributed by atoms with Gasteiger partial charge in [-0.15, -0.1) is 0 Å². The first-order chi connectivity index (χ1) is 13.0. The number of sulfonamides is 1. The summed E-state index contributed by atoms with van der Waals surface area (Å²) in [5, 5.41) is 2.65. The van der Waals surface area contributed by atoms with Crippen molar-refractivity contribution in [2.24, 2.45) is 5.73 Å². The van der Waals surface area contributed by atoms with Gasteiger partial charge in [-0.3, -0.25) is 9.59 Å². The molecule has 0 aliphatic rings. The lowest BCUT2D eigenvalue weighted by molar-refractivity contribution is 0.0996. The van der Waals surface area contributed by atoms with Crippen LogP contribution in [0.15, 0.2) is 35.2 Å². The van der Waals surface area contributed by atoms with E-state index < -0.39 is 21.8 Å². The number of rotatable bonds is 6. The van der Waals surface area contributed by atoms with Crippen molar-refractivity contribution in [3.05, 3.63) is 52.6 Å². The van der Waals surface area contributed by atoms with Crippen molar-refractivity contribution in [2.75, 3.05) is 26.5 Å². The summed E-state index contributed by atoms with van der Waals surface area (Å²) in [6.07, 6.45) is 0. The number of aryl methyl sites for hydroxylation is 1. The number of carbonyl (C=O) groups is 2. The van der Waals surface area contributed by atoms with Gasteiger partial charge in [-0.2, -0.15) is 0 Å². The maximum absolute atomic E-state index is 12.8. The Kier molecular flexibility index (Phi) is 6.10. The van der Waals surface area contributed by atoms with Crippen molar-refractivity contribution in [1.82, 2.24) is 4.31 Å². The number of benzene rings is 2. The number of nitrogens with zero attached hydrogens (tertiary/aromatic N) is 1. The average Bonchev–Trinajstić information content (AvgIpc) is 2.63. The second-order valence-corrected chi connectivity index (χ2v) is 8.56. The van der Waals surface area contributed by atoms with Crippen molar-refractivity contribution < 1.29 is 22.7 Å². The molecule has 0 atom stereocenters. The highest BCUT2D eigenvalue weighted by atomic mass is 32.2. The minimum atomic E-state index is -3.72. The molecule has 3 N–H and O–H groups in total. The summed E-state index contributed by atoms with van der Waals surface area (Å²) < 4.78 is 31.5. The molecule has 9 heteroatoms. The van der Waals surface area contributed by atoms with Crippen molar-refractivity contribution in [3.63, 3.8) is 0 Å². The molecular weight excluding hydrogens is 382 g/mol. The quantitative estimate of drug-likeness (QED) is 0.761. The molecule has 2 aromatic rings. The van der Waals surface area contributed by atoms with Gasteiger partial charge in [-0.05, 0) is 55.3 Å². The Balaban J connectivity index is 2.50. The third-order valence-electron chi connectivity index (χ3n) is 4.37. The smallest absolute Gasteiger partial charge is 0.255 e. The van der Waals surface area contributed by atoms with E-state index in [1.54, 1.807) is 19.9 Å². The number of hydrogen-bond donors (Lipinski definition) is 2. The first kappa shape index (κ1) is 21.4. The van der Waals surface area contributed by atoms with Crippen LogP contribution in [-0.2, 0) is 10.0 Å². The van der Waals surface area contributed by atoms with E-state index in [0.29, 0.717) is 16.9 Å². The predicted molar refractivity (Wildman–Crippen MR) is 106 cm³/mol. The molecule has 2 rings (SSSR count). The van der Waals surface area contributed by atoms with Crippen LogP contribution in [-0.4, -0.2) is 45.7 Å². The first-order valence-electron chi connectivity index (χ1n) is 8.32. The van der Waals surface area contributed by atoms with Crippen LogP contribution >= 0.6 is 0 Å². The lowest BCUT2D eigenvalue weighted by Crippen LogP contribution is -2.24. The highest BCUT2D eigenvalue weighted by molar-refractivity contribution is 7.89.